The van der Waals surface area contributed by atoms with E-state index < -0.39 is 0 Å². The van der Waals surface area contributed by atoms with Crippen LogP contribution in [0.5, 0.6) is 5.75 Å². The molecule has 1 aromatic heterocycles. The van der Waals surface area contributed by atoms with Crippen LogP contribution in [-0.4, -0.2) is 17.3 Å². The minimum Gasteiger partial charge on any atom is -0.496 e. The molecule has 0 amide bonds. The van der Waals surface area contributed by atoms with Crippen LogP contribution in [0.15, 0.2) is 48.7 Å². The SMILES string of the molecule is COc1cc(N)ccc1-c1nncc2ccccc12. The standard InChI is InChI=1S/C15H13N3O/c1-19-14-8-11(16)6-7-13(14)15-12-5-3-2-4-10(12)9-17-18-15/h2-9H,16H2,1H3. The van der Waals surface area contributed by atoms with E-state index in [0.29, 0.717) is 11.4 Å². The number of methoxy groups -OCH3 is 1. The Labute approximate surface area is 110 Å². The first-order chi connectivity index (χ1) is 9.29. The second-order valence-corrected chi connectivity index (χ2v) is 4.24. The quantitative estimate of drug-likeness (QED) is 0.711. The van der Waals surface area contributed by atoms with Crippen molar-refractivity contribution in [2.75, 3.05) is 12.8 Å². The van der Waals surface area contributed by atoms with Gasteiger partial charge in [-0.2, -0.15) is 5.10 Å². The molecule has 0 bridgehead atoms. The molecular weight excluding hydrogens is 238 g/mol. The number of rotatable bonds is 2. The zero-order chi connectivity index (χ0) is 13.2. The minimum absolute atomic E-state index is 0.661. The first-order valence-corrected chi connectivity index (χ1v) is 5.94. The van der Waals surface area contributed by atoms with Crippen LogP contribution in [0.4, 0.5) is 5.69 Å². The van der Waals surface area contributed by atoms with Crippen molar-refractivity contribution in [1.82, 2.24) is 10.2 Å². The average Bonchev–Trinajstić information content (AvgIpc) is 2.46. The normalized spacial score (nSPS) is 10.6. The number of hydrogen-bond donors (Lipinski definition) is 1. The van der Waals surface area contributed by atoms with Gasteiger partial charge in [-0.05, 0) is 12.1 Å². The molecule has 0 saturated carbocycles. The smallest absolute Gasteiger partial charge is 0.130 e. The fraction of sp³-hybridized carbons (Fsp3) is 0.0667. The van der Waals surface area contributed by atoms with Gasteiger partial charge in [-0.25, -0.2) is 0 Å². The van der Waals surface area contributed by atoms with Crippen molar-refractivity contribution in [2.45, 2.75) is 0 Å². The van der Waals surface area contributed by atoms with Crippen molar-refractivity contribution in [3.8, 4) is 17.0 Å². The molecule has 0 aliphatic rings. The van der Waals surface area contributed by atoms with Gasteiger partial charge in [0.2, 0.25) is 0 Å². The maximum absolute atomic E-state index is 5.78. The lowest BCUT2D eigenvalue weighted by molar-refractivity contribution is 0.416. The second kappa shape index (κ2) is 4.57. The summed E-state index contributed by atoms with van der Waals surface area (Å²) in [6.45, 7) is 0. The van der Waals surface area contributed by atoms with Crippen LogP contribution in [0.3, 0.4) is 0 Å². The van der Waals surface area contributed by atoms with Crippen molar-refractivity contribution in [3.63, 3.8) is 0 Å². The van der Waals surface area contributed by atoms with Gasteiger partial charge in [0.15, 0.2) is 0 Å². The Kier molecular flexibility index (Phi) is 2.76. The summed E-state index contributed by atoms with van der Waals surface area (Å²) in [7, 11) is 1.62. The summed E-state index contributed by atoms with van der Waals surface area (Å²) in [4.78, 5) is 0. The molecule has 0 atom stereocenters. The summed E-state index contributed by atoms with van der Waals surface area (Å²) in [5.74, 6) is 0.700. The Morgan fingerprint density at radius 2 is 1.95 bits per heavy atom. The van der Waals surface area contributed by atoms with Crippen LogP contribution in [0, 0.1) is 0 Å². The molecular formula is C15H13N3O. The highest BCUT2D eigenvalue weighted by atomic mass is 16.5. The Bertz CT molecular complexity index is 735. The molecule has 19 heavy (non-hydrogen) atoms. The fourth-order valence-electron chi connectivity index (χ4n) is 2.13. The topological polar surface area (TPSA) is 61.0 Å². The van der Waals surface area contributed by atoms with Crippen LogP contribution >= 0.6 is 0 Å². The molecule has 4 heteroatoms. The third-order valence-corrected chi connectivity index (χ3v) is 3.05. The Balaban J connectivity index is 2.30. The molecule has 4 nitrogen and oxygen atoms in total. The van der Waals surface area contributed by atoms with Gasteiger partial charge in [-0.15, -0.1) is 5.10 Å². The predicted octanol–water partition coefficient (Wildman–Crippen LogP) is 2.89. The zero-order valence-corrected chi connectivity index (χ0v) is 10.5. The third-order valence-electron chi connectivity index (χ3n) is 3.05. The number of nitrogens with two attached hydrogens (primary N) is 1. The van der Waals surface area contributed by atoms with Gasteiger partial charge in [0.1, 0.15) is 11.4 Å². The Morgan fingerprint density at radius 3 is 2.79 bits per heavy atom. The van der Waals surface area contributed by atoms with Crippen molar-refractivity contribution < 1.29 is 4.74 Å². The van der Waals surface area contributed by atoms with Gasteiger partial charge in [0.05, 0.1) is 13.3 Å². The highest BCUT2D eigenvalue weighted by Crippen LogP contribution is 2.33. The highest BCUT2D eigenvalue weighted by Gasteiger charge is 2.11. The summed E-state index contributed by atoms with van der Waals surface area (Å²) >= 11 is 0. The number of aromatic nitrogens is 2. The Hall–Kier alpha value is -2.62. The highest BCUT2D eigenvalue weighted by molar-refractivity contribution is 5.95. The van der Waals surface area contributed by atoms with E-state index in [2.05, 4.69) is 10.2 Å². The summed E-state index contributed by atoms with van der Waals surface area (Å²) in [6, 6.07) is 13.5. The molecule has 3 aromatic rings. The largest absolute Gasteiger partial charge is 0.496 e. The summed E-state index contributed by atoms with van der Waals surface area (Å²) < 4.78 is 5.38. The number of nitrogen functional groups attached to an aromatic ring is 1. The van der Waals surface area contributed by atoms with E-state index in [4.69, 9.17) is 10.5 Å². The van der Waals surface area contributed by atoms with Gasteiger partial charge < -0.3 is 10.5 Å². The molecule has 2 N–H and O–H groups in total. The lowest BCUT2D eigenvalue weighted by Gasteiger charge is -2.10. The lowest BCUT2D eigenvalue weighted by Crippen LogP contribution is -1.95. The van der Waals surface area contributed by atoms with Gasteiger partial charge in [-0.3, -0.25) is 0 Å². The molecule has 0 aliphatic heterocycles. The van der Waals surface area contributed by atoms with Gasteiger partial charge in [0.25, 0.3) is 0 Å². The van der Waals surface area contributed by atoms with Crippen LogP contribution in [0.2, 0.25) is 0 Å². The zero-order valence-electron chi connectivity index (χ0n) is 10.5. The third kappa shape index (κ3) is 1.97. The molecule has 0 aliphatic carbocycles. The molecule has 94 valence electrons. The van der Waals surface area contributed by atoms with E-state index in [1.807, 2.05) is 36.4 Å². The minimum atomic E-state index is 0.661. The summed E-state index contributed by atoms with van der Waals surface area (Å²) in [6.07, 6.45) is 1.75. The first kappa shape index (κ1) is 11.5. The van der Waals surface area contributed by atoms with Gasteiger partial charge in [-0.1, -0.05) is 24.3 Å². The van der Waals surface area contributed by atoms with E-state index in [-0.39, 0.29) is 0 Å². The number of ether oxygens (including phenoxy) is 1. The second-order valence-electron chi connectivity index (χ2n) is 4.24. The van der Waals surface area contributed by atoms with E-state index in [1.165, 1.54) is 0 Å². The van der Waals surface area contributed by atoms with Gasteiger partial charge in [0, 0.05) is 28.1 Å². The molecule has 1 heterocycles. The van der Waals surface area contributed by atoms with Crippen LogP contribution < -0.4 is 10.5 Å². The van der Waals surface area contributed by atoms with Crippen LogP contribution in [0.25, 0.3) is 22.0 Å². The summed E-state index contributed by atoms with van der Waals surface area (Å²) in [5, 5.41) is 10.4. The first-order valence-electron chi connectivity index (χ1n) is 5.94. The molecule has 0 saturated heterocycles. The number of anilines is 1. The van der Waals surface area contributed by atoms with E-state index in [1.54, 1.807) is 19.4 Å². The number of nitrogens with zero attached hydrogens (tertiary/aromatic N) is 2. The number of hydrogen-bond acceptors (Lipinski definition) is 4. The van der Waals surface area contributed by atoms with Crippen LogP contribution in [0.1, 0.15) is 0 Å². The lowest BCUT2D eigenvalue weighted by atomic mass is 10.0. The maximum atomic E-state index is 5.78. The van der Waals surface area contributed by atoms with Crippen molar-refractivity contribution in [1.29, 1.82) is 0 Å². The Morgan fingerprint density at radius 1 is 1.11 bits per heavy atom. The molecule has 2 aromatic carbocycles. The van der Waals surface area contributed by atoms with Crippen molar-refractivity contribution in [2.24, 2.45) is 0 Å². The maximum Gasteiger partial charge on any atom is 0.130 e. The van der Waals surface area contributed by atoms with E-state index in [9.17, 15) is 0 Å². The average molecular weight is 251 g/mol. The van der Waals surface area contributed by atoms with Gasteiger partial charge >= 0.3 is 0 Å². The summed E-state index contributed by atoms with van der Waals surface area (Å²) in [5.41, 5.74) is 8.13. The van der Waals surface area contributed by atoms with E-state index >= 15 is 0 Å². The molecule has 0 fully saturated rings. The van der Waals surface area contributed by atoms with E-state index in [0.717, 1.165) is 22.0 Å². The molecule has 0 radical (unpaired) electrons. The van der Waals surface area contributed by atoms with Crippen molar-refractivity contribution in [3.05, 3.63) is 48.7 Å². The van der Waals surface area contributed by atoms with Crippen LogP contribution in [-0.2, 0) is 0 Å². The number of fused-ring (bicyclic) bond motifs is 1. The monoisotopic (exact) mass is 251 g/mol. The predicted molar refractivity (Wildman–Crippen MR) is 75.9 cm³/mol. The molecule has 0 unspecified atom stereocenters. The molecule has 3 rings (SSSR count). The van der Waals surface area contributed by atoms with Crippen molar-refractivity contribution >= 4 is 16.5 Å². The fourth-order valence-corrected chi connectivity index (χ4v) is 2.13. The molecule has 0 spiro atoms. The number of benzene rings is 2.